The predicted octanol–water partition coefficient (Wildman–Crippen LogP) is 2.55. The Hall–Kier alpha value is -0.940. The number of aromatic nitrogens is 1. The zero-order valence-electron chi connectivity index (χ0n) is 10.5. The molecule has 3 N–H and O–H groups in total. The Bertz CT molecular complexity index is 424. The van der Waals surface area contributed by atoms with Crippen molar-refractivity contribution in [2.45, 2.75) is 33.2 Å². The van der Waals surface area contributed by atoms with Gasteiger partial charge in [-0.2, -0.15) is 0 Å². The topological polar surface area (TPSA) is 68.0 Å². The molecule has 0 saturated heterocycles. The average Bonchev–Trinajstić information content (AvgIpc) is 2.19. The minimum absolute atomic E-state index is 0.149. The van der Waals surface area contributed by atoms with E-state index in [-0.39, 0.29) is 5.91 Å². The molecule has 0 aliphatic heterocycles. The lowest BCUT2D eigenvalue weighted by Crippen LogP contribution is -2.53. The molecule has 0 unspecified atom stereocenters. The standard InChI is InChI=1S/C12H18BrN3O/c1-11(2,12(3,4)14)10(17)16-9-8(13)6-5-7-15-9/h5-7H,14H2,1-4H3,(H,15,16,17). The van der Waals surface area contributed by atoms with Gasteiger partial charge in [-0.25, -0.2) is 4.98 Å². The zero-order valence-corrected chi connectivity index (χ0v) is 12.1. The lowest BCUT2D eigenvalue weighted by atomic mass is 9.74. The van der Waals surface area contributed by atoms with Crippen LogP contribution >= 0.6 is 15.9 Å². The lowest BCUT2D eigenvalue weighted by molar-refractivity contribution is -0.126. The van der Waals surface area contributed by atoms with Gasteiger partial charge < -0.3 is 11.1 Å². The van der Waals surface area contributed by atoms with Crippen molar-refractivity contribution in [1.82, 2.24) is 4.98 Å². The Morgan fingerprint density at radius 3 is 2.47 bits per heavy atom. The third-order valence-electron chi connectivity index (χ3n) is 3.17. The van der Waals surface area contributed by atoms with Crippen molar-refractivity contribution in [2.24, 2.45) is 11.1 Å². The molecule has 1 heterocycles. The molecule has 4 nitrogen and oxygen atoms in total. The Balaban J connectivity index is 2.91. The summed E-state index contributed by atoms with van der Waals surface area (Å²) in [4.78, 5) is 16.3. The summed E-state index contributed by atoms with van der Waals surface area (Å²) in [5, 5.41) is 2.78. The van der Waals surface area contributed by atoms with Crippen LogP contribution in [-0.2, 0) is 4.79 Å². The fourth-order valence-corrected chi connectivity index (χ4v) is 1.39. The molecular formula is C12H18BrN3O. The van der Waals surface area contributed by atoms with Gasteiger partial charge in [-0.1, -0.05) is 0 Å². The molecule has 0 radical (unpaired) electrons. The van der Waals surface area contributed by atoms with E-state index in [1.807, 2.05) is 33.8 Å². The maximum atomic E-state index is 12.2. The molecule has 1 aromatic rings. The number of rotatable bonds is 3. The molecular weight excluding hydrogens is 282 g/mol. The van der Waals surface area contributed by atoms with E-state index in [2.05, 4.69) is 26.2 Å². The second-order valence-electron chi connectivity index (χ2n) is 5.13. The van der Waals surface area contributed by atoms with E-state index in [0.717, 1.165) is 4.47 Å². The zero-order chi connectivity index (χ0) is 13.3. The molecule has 0 bridgehead atoms. The van der Waals surface area contributed by atoms with Gasteiger partial charge in [-0.05, 0) is 55.8 Å². The van der Waals surface area contributed by atoms with Crippen molar-refractivity contribution in [3.8, 4) is 0 Å². The summed E-state index contributed by atoms with van der Waals surface area (Å²) in [5.41, 5.74) is 4.71. The number of hydrogen-bond acceptors (Lipinski definition) is 3. The van der Waals surface area contributed by atoms with Crippen molar-refractivity contribution in [1.29, 1.82) is 0 Å². The van der Waals surface area contributed by atoms with Crippen LogP contribution in [-0.4, -0.2) is 16.4 Å². The molecule has 17 heavy (non-hydrogen) atoms. The van der Waals surface area contributed by atoms with Crippen LogP contribution in [0.1, 0.15) is 27.7 Å². The summed E-state index contributed by atoms with van der Waals surface area (Å²) < 4.78 is 0.749. The van der Waals surface area contributed by atoms with Gasteiger partial charge in [0.2, 0.25) is 5.91 Å². The Kier molecular flexibility index (Phi) is 3.94. The summed E-state index contributed by atoms with van der Waals surface area (Å²) in [5.74, 6) is 0.360. The van der Waals surface area contributed by atoms with Crippen molar-refractivity contribution in [2.75, 3.05) is 5.32 Å². The van der Waals surface area contributed by atoms with Crippen LogP contribution in [0, 0.1) is 5.41 Å². The van der Waals surface area contributed by atoms with E-state index in [9.17, 15) is 4.79 Å². The molecule has 1 rings (SSSR count). The molecule has 0 saturated carbocycles. The molecule has 94 valence electrons. The monoisotopic (exact) mass is 299 g/mol. The van der Waals surface area contributed by atoms with Crippen molar-refractivity contribution >= 4 is 27.7 Å². The highest BCUT2D eigenvalue weighted by molar-refractivity contribution is 9.10. The average molecular weight is 300 g/mol. The normalized spacial score (nSPS) is 12.4. The summed E-state index contributed by atoms with van der Waals surface area (Å²) in [6.07, 6.45) is 1.63. The van der Waals surface area contributed by atoms with Gasteiger partial charge in [0, 0.05) is 11.7 Å². The second-order valence-corrected chi connectivity index (χ2v) is 5.99. The number of anilines is 1. The maximum absolute atomic E-state index is 12.2. The Labute approximate surface area is 110 Å². The number of amides is 1. The third-order valence-corrected chi connectivity index (χ3v) is 3.81. The Morgan fingerprint density at radius 1 is 1.41 bits per heavy atom. The fraction of sp³-hybridized carbons (Fsp3) is 0.500. The minimum Gasteiger partial charge on any atom is -0.325 e. The van der Waals surface area contributed by atoms with E-state index in [1.54, 1.807) is 12.3 Å². The molecule has 5 heteroatoms. The number of halogens is 1. The molecule has 1 aromatic heterocycles. The first kappa shape index (κ1) is 14.1. The first-order valence-electron chi connectivity index (χ1n) is 5.37. The number of carbonyl (C=O) groups is 1. The third kappa shape index (κ3) is 3.04. The first-order valence-corrected chi connectivity index (χ1v) is 6.16. The van der Waals surface area contributed by atoms with Gasteiger partial charge in [0.1, 0.15) is 5.82 Å². The van der Waals surface area contributed by atoms with Crippen LogP contribution in [0.5, 0.6) is 0 Å². The maximum Gasteiger partial charge on any atom is 0.233 e. The second kappa shape index (κ2) is 4.74. The van der Waals surface area contributed by atoms with Crippen LogP contribution in [0.25, 0.3) is 0 Å². The number of nitrogens with two attached hydrogens (primary N) is 1. The van der Waals surface area contributed by atoms with E-state index in [4.69, 9.17) is 5.73 Å². The van der Waals surface area contributed by atoms with Crippen LogP contribution in [0.4, 0.5) is 5.82 Å². The van der Waals surface area contributed by atoms with E-state index in [0.29, 0.717) is 5.82 Å². The summed E-state index contributed by atoms with van der Waals surface area (Å²) in [6.45, 7) is 7.30. The molecule has 0 aliphatic rings. The van der Waals surface area contributed by atoms with E-state index in [1.165, 1.54) is 0 Å². The quantitative estimate of drug-likeness (QED) is 0.901. The number of pyridine rings is 1. The van der Waals surface area contributed by atoms with Crippen molar-refractivity contribution in [3.63, 3.8) is 0 Å². The van der Waals surface area contributed by atoms with Gasteiger partial charge in [0.05, 0.1) is 9.89 Å². The van der Waals surface area contributed by atoms with Crippen molar-refractivity contribution in [3.05, 3.63) is 22.8 Å². The van der Waals surface area contributed by atoms with Crippen LogP contribution in [0.2, 0.25) is 0 Å². The van der Waals surface area contributed by atoms with Gasteiger partial charge in [-0.3, -0.25) is 4.79 Å². The largest absolute Gasteiger partial charge is 0.325 e. The molecule has 0 spiro atoms. The van der Waals surface area contributed by atoms with Gasteiger partial charge >= 0.3 is 0 Å². The van der Waals surface area contributed by atoms with Crippen LogP contribution in [0.15, 0.2) is 22.8 Å². The number of nitrogens with zero attached hydrogens (tertiary/aromatic N) is 1. The smallest absolute Gasteiger partial charge is 0.233 e. The van der Waals surface area contributed by atoms with Gasteiger partial charge in [0.25, 0.3) is 0 Å². The van der Waals surface area contributed by atoms with Crippen molar-refractivity contribution < 1.29 is 4.79 Å². The number of nitrogens with one attached hydrogen (secondary N) is 1. The molecule has 0 atom stereocenters. The van der Waals surface area contributed by atoms with E-state index >= 15 is 0 Å². The molecule has 1 amide bonds. The molecule has 0 fully saturated rings. The highest BCUT2D eigenvalue weighted by Gasteiger charge is 2.40. The molecule has 0 aromatic carbocycles. The van der Waals surface area contributed by atoms with Crippen LogP contribution in [0.3, 0.4) is 0 Å². The summed E-state index contributed by atoms with van der Waals surface area (Å²) in [6, 6.07) is 3.61. The highest BCUT2D eigenvalue weighted by Crippen LogP contribution is 2.30. The minimum atomic E-state index is -0.691. The Morgan fingerprint density at radius 2 is 2.00 bits per heavy atom. The lowest BCUT2D eigenvalue weighted by Gasteiger charge is -2.36. The first-order chi connectivity index (χ1) is 7.66. The summed E-state index contributed by atoms with van der Waals surface area (Å²) >= 11 is 3.33. The van der Waals surface area contributed by atoms with Gasteiger partial charge in [0.15, 0.2) is 0 Å². The molecule has 0 aliphatic carbocycles. The number of hydrogen-bond donors (Lipinski definition) is 2. The predicted molar refractivity (Wildman–Crippen MR) is 72.6 cm³/mol. The SMILES string of the molecule is CC(C)(N)C(C)(C)C(=O)Nc1ncccc1Br. The van der Waals surface area contributed by atoms with E-state index < -0.39 is 11.0 Å². The van der Waals surface area contributed by atoms with Crippen LogP contribution < -0.4 is 11.1 Å². The fourth-order valence-electron chi connectivity index (χ4n) is 1.03. The highest BCUT2D eigenvalue weighted by atomic mass is 79.9. The van der Waals surface area contributed by atoms with Gasteiger partial charge in [-0.15, -0.1) is 0 Å². The summed E-state index contributed by atoms with van der Waals surface area (Å²) in [7, 11) is 0. The number of carbonyl (C=O) groups excluding carboxylic acids is 1.